The van der Waals surface area contributed by atoms with Crippen LogP contribution in [0, 0.1) is 5.82 Å². The predicted molar refractivity (Wildman–Crippen MR) is 96.5 cm³/mol. The Bertz CT molecular complexity index is 670. The highest BCUT2D eigenvalue weighted by molar-refractivity contribution is 5.91. The first-order valence-electron chi connectivity index (χ1n) is 7.91. The van der Waals surface area contributed by atoms with Crippen LogP contribution in [0.3, 0.4) is 0 Å². The number of carbonyl (C=O) groups is 1. The van der Waals surface area contributed by atoms with Gasteiger partial charge in [-0.2, -0.15) is 0 Å². The maximum absolute atomic E-state index is 13.4. The number of nitrogens with one attached hydrogen (secondary N) is 1. The summed E-state index contributed by atoms with van der Waals surface area (Å²) < 4.78 is 15.5. The van der Waals surface area contributed by atoms with E-state index in [0.29, 0.717) is 18.7 Å². The lowest BCUT2D eigenvalue weighted by molar-refractivity contribution is -0.116. The van der Waals surface area contributed by atoms with Crippen molar-refractivity contribution in [2.24, 2.45) is 0 Å². The summed E-state index contributed by atoms with van der Waals surface area (Å²) in [7, 11) is 0. The average Bonchev–Trinajstić information content (AvgIpc) is 2.99. The molecule has 0 saturated heterocycles. The summed E-state index contributed by atoms with van der Waals surface area (Å²) >= 11 is 0. The highest BCUT2D eigenvalue weighted by atomic mass is 35.5. The van der Waals surface area contributed by atoms with Gasteiger partial charge in [-0.25, -0.2) is 9.37 Å². The Morgan fingerprint density at radius 1 is 1.38 bits per heavy atom. The Morgan fingerprint density at radius 2 is 2.17 bits per heavy atom. The maximum atomic E-state index is 13.4. The number of hydrogen-bond acceptors (Lipinski definition) is 2. The van der Waals surface area contributed by atoms with Gasteiger partial charge >= 0.3 is 0 Å². The normalized spacial score (nSPS) is 10.6. The molecule has 1 amide bonds. The van der Waals surface area contributed by atoms with Crippen LogP contribution in [0.5, 0.6) is 0 Å². The molecule has 0 saturated carbocycles. The zero-order valence-corrected chi connectivity index (χ0v) is 14.6. The minimum Gasteiger partial charge on any atom is -0.351 e. The predicted octanol–water partition coefficient (Wildman–Crippen LogP) is 3.62. The first-order chi connectivity index (χ1) is 11.2. The Hall–Kier alpha value is -2.14. The first-order valence-corrected chi connectivity index (χ1v) is 7.91. The molecule has 0 aliphatic carbocycles. The van der Waals surface area contributed by atoms with E-state index < -0.39 is 0 Å². The average molecular weight is 352 g/mol. The third-order valence-electron chi connectivity index (χ3n) is 3.53. The van der Waals surface area contributed by atoms with E-state index in [1.165, 1.54) is 18.2 Å². The van der Waals surface area contributed by atoms with E-state index in [4.69, 9.17) is 0 Å². The van der Waals surface area contributed by atoms with Gasteiger partial charge in [-0.1, -0.05) is 31.5 Å². The lowest BCUT2D eigenvalue weighted by Gasteiger charge is -2.07. The van der Waals surface area contributed by atoms with Crippen LogP contribution >= 0.6 is 12.4 Å². The van der Waals surface area contributed by atoms with Gasteiger partial charge in [0.1, 0.15) is 11.6 Å². The van der Waals surface area contributed by atoms with Gasteiger partial charge in [0.15, 0.2) is 0 Å². The van der Waals surface area contributed by atoms with Gasteiger partial charge in [0, 0.05) is 43.5 Å². The summed E-state index contributed by atoms with van der Waals surface area (Å²) in [5.74, 6) is 0.474. The van der Waals surface area contributed by atoms with Crippen LogP contribution in [-0.2, 0) is 17.8 Å². The molecule has 2 rings (SSSR count). The second-order valence-corrected chi connectivity index (χ2v) is 5.29. The van der Waals surface area contributed by atoms with Gasteiger partial charge in [0.25, 0.3) is 0 Å². The van der Waals surface area contributed by atoms with E-state index in [1.54, 1.807) is 24.4 Å². The molecule has 1 aromatic heterocycles. The minimum absolute atomic E-state index is 0. The van der Waals surface area contributed by atoms with Crippen LogP contribution < -0.4 is 5.32 Å². The molecule has 24 heavy (non-hydrogen) atoms. The Labute approximate surface area is 148 Å². The second kappa shape index (κ2) is 10.6. The molecule has 0 aliphatic rings. The van der Waals surface area contributed by atoms with Crippen LogP contribution in [0.4, 0.5) is 4.39 Å². The Kier molecular flexibility index (Phi) is 8.79. The number of rotatable bonds is 8. The summed E-state index contributed by atoms with van der Waals surface area (Å²) in [5, 5.41) is 2.80. The molecule has 0 aliphatic heterocycles. The molecule has 0 atom stereocenters. The molecule has 2 aromatic rings. The number of carbonyl (C=O) groups excluding carboxylic acids is 1. The van der Waals surface area contributed by atoms with Crippen molar-refractivity contribution in [2.45, 2.75) is 32.7 Å². The summed E-state index contributed by atoms with van der Waals surface area (Å²) in [6.45, 7) is 3.34. The van der Waals surface area contributed by atoms with Crippen molar-refractivity contribution < 1.29 is 9.18 Å². The van der Waals surface area contributed by atoms with Gasteiger partial charge in [0.05, 0.1) is 0 Å². The smallest absolute Gasteiger partial charge is 0.244 e. The monoisotopic (exact) mass is 351 g/mol. The number of aryl methyl sites for hydroxylation is 1. The molecule has 6 heteroatoms. The Balaban J connectivity index is 0.00000288. The zero-order valence-electron chi connectivity index (χ0n) is 13.7. The number of nitrogens with zero attached hydrogens (tertiary/aromatic N) is 2. The number of unbranched alkanes of at least 4 members (excludes halogenated alkanes) is 1. The highest BCUT2D eigenvalue weighted by Gasteiger charge is 2.03. The van der Waals surface area contributed by atoms with Crippen LogP contribution in [0.25, 0.3) is 6.08 Å². The quantitative estimate of drug-likeness (QED) is 0.738. The van der Waals surface area contributed by atoms with E-state index in [0.717, 1.165) is 25.1 Å². The molecule has 0 spiro atoms. The van der Waals surface area contributed by atoms with Crippen molar-refractivity contribution in [1.29, 1.82) is 0 Å². The summed E-state index contributed by atoms with van der Waals surface area (Å²) in [4.78, 5) is 16.1. The van der Waals surface area contributed by atoms with Crippen molar-refractivity contribution in [3.05, 3.63) is 59.9 Å². The van der Waals surface area contributed by atoms with Crippen molar-refractivity contribution in [2.75, 3.05) is 6.54 Å². The van der Waals surface area contributed by atoms with E-state index in [2.05, 4.69) is 21.8 Å². The van der Waals surface area contributed by atoms with Crippen molar-refractivity contribution in [3.63, 3.8) is 0 Å². The third-order valence-corrected chi connectivity index (χ3v) is 3.53. The molecule has 0 bridgehead atoms. The number of benzene rings is 1. The van der Waals surface area contributed by atoms with E-state index >= 15 is 0 Å². The molecule has 0 radical (unpaired) electrons. The number of imidazole rings is 1. The summed E-state index contributed by atoms with van der Waals surface area (Å²) in [6, 6.07) is 6.35. The SMILES string of the molecule is CCCCc1nccn1CCNC(=O)C=Cc1ccccc1F.Cl. The van der Waals surface area contributed by atoms with Crippen LogP contribution in [0.2, 0.25) is 0 Å². The maximum Gasteiger partial charge on any atom is 0.244 e. The molecule has 130 valence electrons. The lowest BCUT2D eigenvalue weighted by atomic mass is 10.2. The topological polar surface area (TPSA) is 46.9 Å². The number of hydrogen-bond donors (Lipinski definition) is 1. The fraction of sp³-hybridized carbons (Fsp3) is 0.333. The van der Waals surface area contributed by atoms with Gasteiger partial charge < -0.3 is 9.88 Å². The van der Waals surface area contributed by atoms with Crippen molar-refractivity contribution >= 4 is 24.4 Å². The van der Waals surface area contributed by atoms with Gasteiger partial charge in [-0.05, 0) is 18.6 Å². The van der Waals surface area contributed by atoms with Crippen molar-refractivity contribution in [3.8, 4) is 0 Å². The second-order valence-electron chi connectivity index (χ2n) is 5.29. The minimum atomic E-state index is -0.337. The molecule has 1 N–H and O–H groups in total. The fourth-order valence-corrected chi connectivity index (χ4v) is 2.24. The molecular formula is C18H23ClFN3O. The molecule has 0 unspecified atom stereocenters. The number of halogens is 2. The van der Waals surface area contributed by atoms with Crippen LogP contribution in [-0.4, -0.2) is 22.0 Å². The third kappa shape index (κ3) is 6.16. The van der Waals surface area contributed by atoms with Gasteiger partial charge in [-0.15, -0.1) is 12.4 Å². The van der Waals surface area contributed by atoms with Crippen LogP contribution in [0.1, 0.15) is 31.2 Å². The summed E-state index contributed by atoms with van der Waals surface area (Å²) in [5.41, 5.74) is 0.402. The lowest BCUT2D eigenvalue weighted by Crippen LogP contribution is -2.25. The first kappa shape index (κ1) is 19.9. The van der Waals surface area contributed by atoms with E-state index in [1.807, 2.05) is 6.20 Å². The molecular weight excluding hydrogens is 329 g/mol. The summed E-state index contributed by atoms with van der Waals surface area (Å²) in [6.07, 6.45) is 9.72. The van der Waals surface area contributed by atoms with E-state index in [-0.39, 0.29) is 24.1 Å². The largest absolute Gasteiger partial charge is 0.351 e. The van der Waals surface area contributed by atoms with Crippen molar-refractivity contribution in [1.82, 2.24) is 14.9 Å². The van der Waals surface area contributed by atoms with Gasteiger partial charge in [0.2, 0.25) is 5.91 Å². The Morgan fingerprint density at radius 3 is 2.92 bits per heavy atom. The zero-order chi connectivity index (χ0) is 16.5. The van der Waals surface area contributed by atoms with Crippen LogP contribution in [0.15, 0.2) is 42.7 Å². The number of amides is 1. The van der Waals surface area contributed by atoms with E-state index in [9.17, 15) is 9.18 Å². The highest BCUT2D eigenvalue weighted by Crippen LogP contribution is 2.07. The molecule has 1 heterocycles. The fourth-order valence-electron chi connectivity index (χ4n) is 2.24. The van der Waals surface area contributed by atoms with Gasteiger partial charge in [-0.3, -0.25) is 4.79 Å². The number of aromatic nitrogens is 2. The molecule has 4 nitrogen and oxygen atoms in total. The molecule has 1 aromatic carbocycles. The standard InChI is InChI=1S/C18H22FN3O.ClH/c1-2-3-8-17-20-11-13-22(17)14-12-21-18(23)10-9-15-6-4-5-7-16(15)19;/h4-7,9-11,13H,2-3,8,12,14H2,1H3,(H,21,23);1H. The molecule has 0 fully saturated rings.